The Bertz CT molecular complexity index is 952. The van der Waals surface area contributed by atoms with Crippen LogP contribution in [0.25, 0.3) is 0 Å². The van der Waals surface area contributed by atoms with Crippen molar-refractivity contribution in [2.75, 3.05) is 4.72 Å². The van der Waals surface area contributed by atoms with Crippen LogP contribution < -0.4 is 4.72 Å². The summed E-state index contributed by atoms with van der Waals surface area (Å²) in [5, 5.41) is 33.2. The fourth-order valence-electron chi connectivity index (χ4n) is 1.61. The zero-order chi connectivity index (χ0) is 18.1. The molecule has 1 aromatic carbocycles. The monoisotopic (exact) mass is 374 g/mol. The van der Waals surface area contributed by atoms with Crippen LogP contribution in [-0.4, -0.2) is 23.2 Å². The molecular weight excluding hydrogens is 368 g/mol. The first kappa shape index (κ1) is 17.2. The molecule has 1 heterocycles. The molecule has 0 aliphatic heterocycles. The number of rotatable bonds is 6. The topological polar surface area (TPSA) is 176 Å². The lowest BCUT2D eigenvalue weighted by atomic mass is 10.2. The Hall–Kier alpha value is -3.13. The molecule has 0 spiro atoms. The van der Waals surface area contributed by atoms with Crippen molar-refractivity contribution in [1.29, 1.82) is 0 Å². The highest BCUT2D eigenvalue weighted by atomic mass is 32.2. The van der Waals surface area contributed by atoms with Crippen LogP contribution >= 0.6 is 11.3 Å². The number of nitro groups is 3. The smallest absolute Gasteiger partial charge is 0.272 e. The Morgan fingerprint density at radius 1 is 0.917 bits per heavy atom. The van der Waals surface area contributed by atoms with E-state index in [1.165, 1.54) is 0 Å². The summed E-state index contributed by atoms with van der Waals surface area (Å²) in [7, 11) is -4.33. The number of benzene rings is 1. The number of anilines is 1. The molecule has 14 heteroatoms. The lowest BCUT2D eigenvalue weighted by Crippen LogP contribution is -2.13. The highest BCUT2D eigenvalue weighted by molar-refractivity contribution is 7.94. The zero-order valence-corrected chi connectivity index (χ0v) is 12.9. The van der Waals surface area contributed by atoms with Gasteiger partial charge >= 0.3 is 0 Å². The average Bonchev–Trinajstić information content (AvgIpc) is 2.97. The highest BCUT2D eigenvalue weighted by Crippen LogP contribution is 2.32. The number of hydrogen-bond donors (Lipinski definition) is 1. The second-order valence-corrected chi connectivity index (χ2v) is 7.02. The Kier molecular flexibility index (Phi) is 4.43. The van der Waals surface area contributed by atoms with Crippen LogP contribution in [0.15, 0.2) is 33.9 Å². The molecule has 0 fully saturated rings. The molecule has 0 aliphatic rings. The van der Waals surface area contributed by atoms with Gasteiger partial charge in [-0.3, -0.25) is 35.1 Å². The van der Waals surface area contributed by atoms with Gasteiger partial charge in [0.2, 0.25) is 0 Å². The number of nitro benzene ring substituents is 2. The van der Waals surface area contributed by atoms with Crippen molar-refractivity contribution in [2.45, 2.75) is 4.21 Å². The van der Waals surface area contributed by atoms with E-state index >= 15 is 0 Å². The van der Waals surface area contributed by atoms with Crippen molar-refractivity contribution in [2.24, 2.45) is 0 Å². The summed E-state index contributed by atoms with van der Waals surface area (Å²) in [4.78, 5) is 29.6. The van der Waals surface area contributed by atoms with Crippen molar-refractivity contribution in [1.82, 2.24) is 0 Å². The summed E-state index contributed by atoms with van der Waals surface area (Å²) in [5.74, 6) is 0. The van der Waals surface area contributed by atoms with Gasteiger partial charge in [-0.1, -0.05) is 0 Å². The van der Waals surface area contributed by atoms with Crippen LogP contribution in [0.5, 0.6) is 0 Å². The molecule has 0 unspecified atom stereocenters. The van der Waals surface area contributed by atoms with Gasteiger partial charge in [-0.15, -0.1) is 11.3 Å². The van der Waals surface area contributed by atoms with Crippen LogP contribution in [0, 0.1) is 30.3 Å². The predicted octanol–water partition coefficient (Wildman–Crippen LogP) is 2.27. The van der Waals surface area contributed by atoms with E-state index in [0.29, 0.717) is 17.4 Å². The van der Waals surface area contributed by atoms with Crippen molar-refractivity contribution < 1.29 is 23.2 Å². The first-order valence-electron chi connectivity index (χ1n) is 5.80. The maximum Gasteiger partial charge on any atom is 0.300 e. The van der Waals surface area contributed by atoms with E-state index in [1.807, 2.05) is 4.72 Å². The summed E-state index contributed by atoms with van der Waals surface area (Å²) in [6, 6.07) is 3.16. The molecular formula is C10H6N4O8S2. The minimum Gasteiger partial charge on any atom is -0.272 e. The van der Waals surface area contributed by atoms with Gasteiger partial charge in [0.05, 0.1) is 26.2 Å². The maximum atomic E-state index is 12.2. The molecule has 0 aliphatic carbocycles. The normalized spacial score (nSPS) is 11.0. The van der Waals surface area contributed by atoms with Crippen LogP contribution in [0.2, 0.25) is 0 Å². The summed E-state index contributed by atoms with van der Waals surface area (Å²) >= 11 is 0.556. The van der Waals surface area contributed by atoms with Crippen molar-refractivity contribution in [3.8, 4) is 0 Å². The molecule has 126 valence electrons. The molecule has 2 aromatic rings. The third-order valence-corrected chi connectivity index (χ3v) is 5.46. The third-order valence-electron chi connectivity index (χ3n) is 2.67. The molecule has 24 heavy (non-hydrogen) atoms. The fraction of sp³-hybridized carbons (Fsp3) is 0. The second-order valence-electron chi connectivity index (χ2n) is 4.20. The van der Waals surface area contributed by atoms with Gasteiger partial charge in [0, 0.05) is 12.1 Å². The summed E-state index contributed by atoms with van der Waals surface area (Å²) in [5.41, 5.74) is -2.35. The molecule has 0 radical (unpaired) electrons. The van der Waals surface area contributed by atoms with Gasteiger partial charge in [0.1, 0.15) is 9.90 Å². The Morgan fingerprint density at radius 3 is 2.04 bits per heavy atom. The van der Waals surface area contributed by atoms with E-state index in [-0.39, 0.29) is 0 Å². The number of sulfonamides is 1. The molecule has 1 N–H and O–H groups in total. The quantitative estimate of drug-likeness (QED) is 0.591. The van der Waals surface area contributed by atoms with E-state index in [2.05, 4.69) is 0 Å². The van der Waals surface area contributed by atoms with Crippen molar-refractivity contribution >= 4 is 44.1 Å². The van der Waals surface area contributed by atoms with E-state index < -0.39 is 51.8 Å². The number of nitrogens with one attached hydrogen (secondary N) is 1. The van der Waals surface area contributed by atoms with E-state index in [0.717, 1.165) is 23.6 Å². The van der Waals surface area contributed by atoms with Gasteiger partial charge in [-0.2, -0.15) is 0 Å². The molecule has 12 nitrogen and oxygen atoms in total. The van der Waals surface area contributed by atoms with Gasteiger partial charge in [-0.05, 0) is 6.07 Å². The summed E-state index contributed by atoms with van der Waals surface area (Å²) in [6.07, 6.45) is 0. The molecule has 0 amide bonds. The zero-order valence-electron chi connectivity index (χ0n) is 11.3. The Balaban J connectivity index is 2.43. The third kappa shape index (κ3) is 3.44. The van der Waals surface area contributed by atoms with E-state index in [9.17, 15) is 38.8 Å². The standard InChI is InChI=1S/C10H6N4O8S2/c15-12(16)6-1-2-8(9(3-6)14(19)20)11-24(21,22)10-4-7(5-23-10)13(17)18/h1-5,11H. The van der Waals surface area contributed by atoms with Gasteiger partial charge in [0.25, 0.3) is 27.1 Å². The maximum absolute atomic E-state index is 12.2. The van der Waals surface area contributed by atoms with Gasteiger partial charge in [-0.25, -0.2) is 8.42 Å². The number of thiophene rings is 1. The van der Waals surface area contributed by atoms with Crippen LogP contribution in [0.1, 0.15) is 0 Å². The van der Waals surface area contributed by atoms with Gasteiger partial charge < -0.3 is 0 Å². The lowest BCUT2D eigenvalue weighted by molar-refractivity contribution is -0.393. The summed E-state index contributed by atoms with van der Waals surface area (Å²) in [6.45, 7) is 0. The molecule has 1 aromatic heterocycles. The van der Waals surface area contributed by atoms with Crippen LogP contribution in [-0.2, 0) is 10.0 Å². The predicted molar refractivity (Wildman–Crippen MR) is 81.5 cm³/mol. The van der Waals surface area contributed by atoms with Crippen LogP contribution in [0.3, 0.4) is 0 Å². The molecule has 0 atom stereocenters. The lowest BCUT2D eigenvalue weighted by Gasteiger charge is -2.06. The van der Waals surface area contributed by atoms with Gasteiger partial charge in [0.15, 0.2) is 0 Å². The molecule has 2 rings (SSSR count). The number of hydrogen-bond acceptors (Lipinski definition) is 9. The molecule has 0 saturated carbocycles. The molecule has 0 bridgehead atoms. The minimum absolute atomic E-state index is 0.429. The first-order valence-corrected chi connectivity index (χ1v) is 8.16. The second kappa shape index (κ2) is 6.17. The summed E-state index contributed by atoms with van der Waals surface area (Å²) < 4.78 is 25.8. The van der Waals surface area contributed by atoms with Crippen molar-refractivity contribution in [3.63, 3.8) is 0 Å². The van der Waals surface area contributed by atoms with Crippen LogP contribution in [0.4, 0.5) is 22.7 Å². The first-order chi connectivity index (χ1) is 11.1. The minimum atomic E-state index is -4.33. The number of nitrogens with zero attached hydrogens (tertiary/aromatic N) is 3. The van der Waals surface area contributed by atoms with E-state index in [1.54, 1.807) is 0 Å². The fourth-order valence-corrected chi connectivity index (χ4v) is 3.80. The average molecular weight is 374 g/mol. The SMILES string of the molecule is O=[N+]([O-])c1csc(S(=O)(=O)Nc2ccc([N+](=O)[O-])cc2[N+](=O)[O-])c1. The Morgan fingerprint density at radius 2 is 1.54 bits per heavy atom. The van der Waals surface area contributed by atoms with Crippen molar-refractivity contribution in [3.05, 3.63) is 60.0 Å². The highest BCUT2D eigenvalue weighted by Gasteiger charge is 2.26. The largest absolute Gasteiger partial charge is 0.300 e. The molecule has 0 saturated heterocycles. The van der Waals surface area contributed by atoms with E-state index in [4.69, 9.17) is 0 Å². The Labute approximate surface area is 136 Å². The number of non-ortho nitro benzene ring substituents is 1.